The summed E-state index contributed by atoms with van der Waals surface area (Å²) in [5.74, 6) is -12.6. The molecule has 6 atom stereocenters. The van der Waals surface area contributed by atoms with Crippen molar-refractivity contribution in [3.63, 3.8) is 0 Å². The molecular formula is C31H41N5O10. The van der Waals surface area contributed by atoms with Crippen molar-refractivity contribution < 1.29 is 48.5 Å². The number of fused-ring (bicyclic) bond motifs is 3. The van der Waals surface area contributed by atoms with Crippen molar-refractivity contribution in [2.75, 3.05) is 52.1 Å². The van der Waals surface area contributed by atoms with Gasteiger partial charge < -0.3 is 30.9 Å². The Labute approximate surface area is 266 Å². The van der Waals surface area contributed by atoms with Crippen LogP contribution in [0.1, 0.15) is 43.1 Å². The topological polar surface area (TPSA) is 217 Å². The van der Waals surface area contributed by atoms with E-state index in [-0.39, 0.29) is 24.1 Å². The number of carbonyl (C=O) groups excluding carboxylic acids is 7. The first-order valence-corrected chi connectivity index (χ1v) is 14.8. The van der Waals surface area contributed by atoms with Gasteiger partial charge >= 0.3 is 6.09 Å². The molecule has 3 aliphatic carbocycles. The van der Waals surface area contributed by atoms with Crippen LogP contribution in [-0.2, 0) is 35.1 Å². The minimum atomic E-state index is -2.85. The predicted molar refractivity (Wildman–Crippen MR) is 163 cm³/mol. The molecule has 0 spiro atoms. The Bertz CT molecular complexity index is 1550. The van der Waals surface area contributed by atoms with E-state index in [0.717, 1.165) is 0 Å². The molecule has 250 valence electrons. The smallest absolute Gasteiger partial charge is 0.410 e. The molecule has 15 nitrogen and oxygen atoms in total. The first-order chi connectivity index (χ1) is 21.2. The van der Waals surface area contributed by atoms with Crippen LogP contribution in [0.5, 0.6) is 5.75 Å². The number of nitrogens with two attached hydrogens (primary N) is 1. The quantitative estimate of drug-likeness (QED) is 0.233. The number of carbonyl (C=O) groups is 7. The second-order valence-electron chi connectivity index (χ2n) is 13.6. The summed E-state index contributed by atoms with van der Waals surface area (Å²) in [6.07, 6.45) is -0.790. The number of Topliss-reactive ketones (excluding diaryl/α,β-unsaturated/α-hetero) is 4. The minimum Gasteiger partial charge on any atom is -0.505 e. The summed E-state index contributed by atoms with van der Waals surface area (Å²) in [6.45, 7) is 4.65. The average Bonchev–Trinajstić information content (AvgIpc) is 2.93. The summed E-state index contributed by atoms with van der Waals surface area (Å²) in [5, 5.41) is 25.7. The van der Waals surface area contributed by atoms with Crippen LogP contribution in [0.4, 0.5) is 16.2 Å². The van der Waals surface area contributed by atoms with Gasteiger partial charge in [-0.3, -0.25) is 38.6 Å². The summed E-state index contributed by atoms with van der Waals surface area (Å²) < 4.78 is 4.79. The summed E-state index contributed by atoms with van der Waals surface area (Å²) in [7, 11) is 7.57. The minimum absolute atomic E-state index is 0.0568. The number of ether oxygens (including phenoxy) is 1. The van der Waals surface area contributed by atoms with Gasteiger partial charge in [-0.15, -0.1) is 0 Å². The number of rotatable bonds is 6. The first-order valence-electron chi connectivity index (χ1n) is 14.8. The first kappa shape index (κ1) is 34.5. The molecule has 1 aromatic carbocycles. The van der Waals surface area contributed by atoms with E-state index in [0.29, 0.717) is 11.3 Å². The SMILES string of the molecule is COC(=O)N(CC(=O)Nc1cc(N(C)C)c2c(c1O)C(=O)C1C(=O)[C@]3(O)C(=O)C(C(N)=O)C(=O)[C@@H](N(C)C)[C@@H]3C[C@@H]1C2)C(C)(C)C. The lowest BCUT2D eigenvalue weighted by Crippen LogP contribution is -2.74. The third kappa shape index (κ3) is 5.30. The fourth-order valence-corrected chi connectivity index (χ4v) is 7.17. The maximum Gasteiger partial charge on any atom is 0.410 e. The fraction of sp³-hybridized carbons (Fsp3) is 0.581. The van der Waals surface area contributed by atoms with Crippen molar-refractivity contribution >= 4 is 52.4 Å². The van der Waals surface area contributed by atoms with E-state index in [2.05, 4.69) is 5.32 Å². The number of nitrogens with one attached hydrogen (secondary N) is 1. The molecule has 4 rings (SSSR count). The summed E-state index contributed by atoms with van der Waals surface area (Å²) in [5.41, 5.74) is 2.09. The van der Waals surface area contributed by atoms with Gasteiger partial charge in [-0.25, -0.2) is 4.79 Å². The number of aliphatic hydroxyl groups is 1. The highest BCUT2D eigenvalue weighted by molar-refractivity contribution is 6.32. The Morgan fingerprint density at radius 3 is 2.20 bits per heavy atom. The fourth-order valence-electron chi connectivity index (χ4n) is 7.17. The third-order valence-corrected chi connectivity index (χ3v) is 9.30. The molecule has 15 heteroatoms. The van der Waals surface area contributed by atoms with Crippen molar-refractivity contribution in [1.82, 2.24) is 9.80 Å². The van der Waals surface area contributed by atoms with Crippen molar-refractivity contribution in [3.05, 3.63) is 17.2 Å². The van der Waals surface area contributed by atoms with E-state index in [4.69, 9.17) is 10.5 Å². The molecule has 0 aliphatic heterocycles. The Morgan fingerprint density at radius 2 is 1.70 bits per heavy atom. The van der Waals surface area contributed by atoms with E-state index in [1.54, 1.807) is 39.8 Å². The van der Waals surface area contributed by atoms with Gasteiger partial charge in [0.05, 0.1) is 30.3 Å². The standard InChI is InChI=1S/C31H41N5O10/c1-30(2,3)36(29(44)46-8)12-18(37)33-16-11-17(34(4)5)14-9-13-10-15-22(35(6)7)25(40)21(28(32)43)27(42)31(15,45)26(41)19(13)24(39)20(14)23(16)38/h11,13,15,19,21-22,38,45H,9-10,12H2,1-8H3,(H2,32,43)(H,33,37)/t13-,15-,19?,21?,22-,31-/m0/s1. The van der Waals surface area contributed by atoms with Crippen molar-refractivity contribution in [3.8, 4) is 5.75 Å². The summed E-state index contributed by atoms with van der Waals surface area (Å²) in [4.78, 5) is 97.0. The third-order valence-electron chi connectivity index (χ3n) is 9.30. The number of phenolic OH excluding ortho intramolecular Hbond substituents is 1. The zero-order chi connectivity index (χ0) is 34.8. The van der Waals surface area contributed by atoms with Crippen molar-refractivity contribution in [2.24, 2.45) is 29.4 Å². The molecule has 3 aliphatic rings. The number of phenols is 1. The number of anilines is 2. The van der Waals surface area contributed by atoms with Crippen LogP contribution in [0.3, 0.4) is 0 Å². The number of benzene rings is 1. The molecule has 46 heavy (non-hydrogen) atoms. The van der Waals surface area contributed by atoms with E-state index in [1.165, 1.54) is 37.1 Å². The second kappa shape index (κ2) is 11.8. The van der Waals surface area contributed by atoms with E-state index in [1.807, 2.05) is 0 Å². The highest BCUT2D eigenvalue weighted by atomic mass is 16.5. The Balaban J connectivity index is 1.80. The van der Waals surface area contributed by atoms with Crippen LogP contribution in [0.2, 0.25) is 0 Å². The van der Waals surface area contributed by atoms with Gasteiger partial charge in [-0.1, -0.05) is 0 Å². The maximum absolute atomic E-state index is 14.2. The number of ketones is 4. The number of hydrogen-bond acceptors (Lipinski definition) is 12. The predicted octanol–water partition coefficient (Wildman–Crippen LogP) is -0.262. The number of aromatic hydroxyl groups is 1. The van der Waals surface area contributed by atoms with Crippen LogP contribution in [-0.4, -0.2) is 120 Å². The summed E-state index contributed by atoms with van der Waals surface area (Å²) in [6, 6.07) is 0.257. The van der Waals surface area contributed by atoms with E-state index >= 15 is 0 Å². The van der Waals surface area contributed by atoms with Gasteiger partial charge in [0.25, 0.3) is 0 Å². The van der Waals surface area contributed by atoms with Gasteiger partial charge in [-0.05, 0) is 65.3 Å². The number of methoxy groups -OCH3 is 1. The number of primary amides is 1. The normalized spacial score (nSPS) is 27.4. The van der Waals surface area contributed by atoms with Gasteiger partial charge in [-0.2, -0.15) is 0 Å². The largest absolute Gasteiger partial charge is 0.505 e. The average molecular weight is 644 g/mol. The monoisotopic (exact) mass is 643 g/mol. The lowest BCUT2D eigenvalue weighted by atomic mass is 9.52. The lowest BCUT2D eigenvalue weighted by Gasteiger charge is -2.52. The van der Waals surface area contributed by atoms with Crippen LogP contribution in [0, 0.1) is 23.7 Å². The van der Waals surface area contributed by atoms with Gasteiger partial charge in [0, 0.05) is 31.2 Å². The zero-order valence-corrected chi connectivity index (χ0v) is 27.2. The highest BCUT2D eigenvalue weighted by Gasteiger charge is 2.69. The maximum atomic E-state index is 14.2. The molecule has 3 amide bonds. The summed E-state index contributed by atoms with van der Waals surface area (Å²) >= 11 is 0. The molecule has 0 aromatic heterocycles. The molecule has 2 saturated carbocycles. The molecule has 2 fully saturated rings. The van der Waals surface area contributed by atoms with Crippen LogP contribution in [0.15, 0.2) is 6.07 Å². The Kier molecular flexibility index (Phi) is 8.83. The van der Waals surface area contributed by atoms with Gasteiger partial charge in [0.2, 0.25) is 11.8 Å². The van der Waals surface area contributed by atoms with E-state index < -0.39 is 94.2 Å². The molecule has 0 radical (unpaired) electrons. The van der Waals surface area contributed by atoms with Gasteiger partial charge in [0.1, 0.15) is 12.3 Å². The molecule has 1 aromatic rings. The highest BCUT2D eigenvalue weighted by Crippen LogP contribution is 2.52. The molecular weight excluding hydrogens is 602 g/mol. The van der Waals surface area contributed by atoms with Crippen LogP contribution in [0.25, 0.3) is 0 Å². The van der Waals surface area contributed by atoms with Gasteiger partial charge in [0.15, 0.2) is 34.7 Å². The number of nitrogens with zero attached hydrogens (tertiary/aromatic N) is 3. The van der Waals surface area contributed by atoms with Crippen LogP contribution < -0.4 is 16.0 Å². The molecule has 0 heterocycles. The van der Waals surface area contributed by atoms with Crippen molar-refractivity contribution in [1.29, 1.82) is 0 Å². The molecule has 5 N–H and O–H groups in total. The number of hydrogen-bond donors (Lipinski definition) is 4. The second-order valence-corrected chi connectivity index (χ2v) is 13.6. The Morgan fingerprint density at radius 1 is 1.09 bits per heavy atom. The zero-order valence-electron chi connectivity index (χ0n) is 27.2. The Hall–Kier alpha value is -4.37. The lowest BCUT2D eigenvalue weighted by molar-refractivity contribution is -0.181. The van der Waals surface area contributed by atoms with Crippen molar-refractivity contribution in [2.45, 2.75) is 50.8 Å². The molecule has 0 bridgehead atoms. The van der Waals surface area contributed by atoms with Crippen LogP contribution >= 0.6 is 0 Å². The van der Waals surface area contributed by atoms with E-state index in [9.17, 15) is 43.8 Å². The number of amides is 3. The molecule has 0 saturated heterocycles. The molecule has 2 unspecified atom stereocenters. The number of likely N-dealkylation sites (N-methyl/N-ethyl adjacent to an activating group) is 1.